The zero-order valence-corrected chi connectivity index (χ0v) is 16.7. The molecule has 2 N–H and O–H groups in total. The second-order valence-corrected chi connectivity index (χ2v) is 6.94. The van der Waals surface area contributed by atoms with Crippen LogP contribution in [0, 0.1) is 6.92 Å². The molecular weight excluding hydrogens is 362 g/mol. The van der Waals surface area contributed by atoms with Gasteiger partial charge in [0.15, 0.2) is 5.65 Å². The monoisotopic (exact) mass is 385 g/mol. The highest BCUT2D eigenvalue weighted by molar-refractivity contribution is 5.89. The topological polar surface area (TPSA) is 71.3 Å². The minimum atomic E-state index is -0.0887. The fourth-order valence-electron chi connectivity index (χ4n) is 3.41. The number of benzene rings is 2. The molecule has 6 nitrogen and oxygen atoms in total. The van der Waals surface area contributed by atoms with Crippen LogP contribution in [0.2, 0.25) is 0 Å². The fraction of sp³-hybridized carbons (Fsp3) is 0.174. The smallest absolute Gasteiger partial charge is 0.221 e. The van der Waals surface area contributed by atoms with E-state index in [1.165, 1.54) is 6.92 Å². The number of rotatable bonds is 5. The summed E-state index contributed by atoms with van der Waals surface area (Å²) in [5.41, 5.74) is 6.61. The Bertz CT molecular complexity index is 1160. The average Bonchev–Trinajstić information content (AvgIpc) is 3.08. The third kappa shape index (κ3) is 3.82. The quantitative estimate of drug-likeness (QED) is 0.509. The Morgan fingerprint density at radius 2 is 1.72 bits per heavy atom. The van der Waals surface area contributed by atoms with E-state index in [1.54, 1.807) is 0 Å². The first kappa shape index (κ1) is 18.7. The van der Waals surface area contributed by atoms with Crippen LogP contribution in [0.3, 0.4) is 0 Å². The summed E-state index contributed by atoms with van der Waals surface area (Å²) in [5.74, 6) is 0.755. The molecular formula is C23H23N5O. The van der Waals surface area contributed by atoms with Crippen molar-refractivity contribution in [1.29, 1.82) is 0 Å². The number of carbonyl (C=O) groups is 1. The van der Waals surface area contributed by atoms with Gasteiger partial charge in [-0.3, -0.25) is 4.79 Å². The SMILES string of the molecule is CCc1nn2c(Nc3ccc(NC(C)=O)cc3)cc(C)nc2c1-c1ccccc1. The molecule has 0 saturated heterocycles. The molecule has 0 bridgehead atoms. The molecule has 146 valence electrons. The molecule has 2 aromatic heterocycles. The van der Waals surface area contributed by atoms with E-state index in [4.69, 9.17) is 10.1 Å². The van der Waals surface area contributed by atoms with E-state index in [2.05, 4.69) is 29.7 Å². The lowest BCUT2D eigenvalue weighted by Crippen LogP contribution is -2.06. The van der Waals surface area contributed by atoms with Gasteiger partial charge in [-0.25, -0.2) is 4.98 Å². The number of aromatic nitrogens is 3. The van der Waals surface area contributed by atoms with Gasteiger partial charge in [0.25, 0.3) is 0 Å². The predicted octanol–water partition coefficient (Wildman–Crippen LogP) is 4.97. The molecule has 29 heavy (non-hydrogen) atoms. The number of fused-ring (bicyclic) bond motifs is 1. The van der Waals surface area contributed by atoms with Gasteiger partial charge in [-0.2, -0.15) is 9.61 Å². The van der Waals surface area contributed by atoms with Crippen LogP contribution in [0.25, 0.3) is 16.8 Å². The van der Waals surface area contributed by atoms with Gasteiger partial charge in [0.05, 0.1) is 5.69 Å². The van der Waals surface area contributed by atoms with E-state index < -0.39 is 0 Å². The number of carbonyl (C=O) groups excluding carboxylic acids is 1. The van der Waals surface area contributed by atoms with E-state index in [0.717, 1.165) is 51.8 Å². The number of aryl methyl sites for hydroxylation is 2. The molecule has 2 aromatic carbocycles. The average molecular weight is 385 g/mol. The summed E-state index contributed by atoms with van der Waals surface area (Å²) in [7, 11) is 0. The van der Waals surface area contributed by atoms with Crippen LogP contribution in [0.1, 0.15) is 25.2 Å². The van der Waals surface area contributed by atoms with Gasteiger partial charge in [-0.15, -0.1) is 0 Å². The van der Waals surface area contributed by atoms with Gasteiger partial charge in [0, 0.05) is 35.6 Å². The molecule has 0 radical (unpaired) electrons. The second kappa shape index (κ2) is 7.75. The molecule has 6 heteroatoms. The molecule has 1 amide bonds. The molecule has 2 heterocycles. The predicted molar refractivity (Wildman–Crippen MR) is 117 cm³/mol. The first-order valence-corrected chi connectivity index (χ1v) is 9.64. The Hall–Kier alpha value is -3.67. The molecule has 0 fully saturated rings. The molecule has 0 spiro atoms. The summed E-state index contributed by atoms with van der Waals surface area (Å²) < 4.78 is 1.87. The highest BCUT2D eigenvalue weighted by Gasteiger charge is 2.17. The standard InChI is InChI=1S/C23H23N5O/c1-4-20-22(17-8-6-5-7-9-17)23-24-15(2)14-21(28(23)27-20)26-19-12-10-18(11-13-19)25-16(3)29/h5-14,26H,4H2,1-3H3,(H,25,29). The van der Waals surface area contributed by atoms with Crippen LogP contribution in [0.15, 0.2) is 60.7 Å². The van der Waals surface area contributed by atoms with Gasteiger partial charge in [-0.1, -0.05) is 37.3 Å². The first-order chi connectivity index (χ1) is 14.0. The lowest BCUT2D eigenvalue weighted by atomic mass is 10.0. The lowest BCUT2D eigenvalue weighted by molar-refractivity contribution is -0.114. The minimum Gasteiger partial charge on any atom is -0.340 e. The maximum atomic E-state index is 11.2. The highest BCUT2D eigenvalue weighted by atomic mass is 16.1. The molecule has 0 aliphatic carbocycles. The number of nitrogens with one attached hydrogen (secondary N) is 2. The van der Waals surface area contributed by atoms with Gasteiger partial charge in [0.1, 0.15) is 5.82 Å². The molecule has 4 aromatic rings. The largest absolute Gasteiger partial charge is 0.340 e. The second-order valence-electron chi connectivity index (χ2n) is 6.94. The third-order valence-electron chi connectivity index (χ3n) is 4.66. The number of hydrogen-bond acceptors (Lipinski definition) is 4. The van der Waals surface area contributed by atoms with Crippen molar-refractivity contribution in [3.05, 3.63) is 72.1 Å². The van der Waals surface area contributed by atoms with E-state index >= 15 is 0 Å². The van der Waals surface area contributed by atoms with Crippen molar-refractivity contribution in [2.75, 3.05) is 10.6 Å². The Morgan fingerprint density at radius 3 is 2.38 bits per heavy atom. The Balaban J connectivity index is 1.77. The third-order valence-corrected chi connectivity index (χ3v) is 4.66. The zero-order chi connectivity index (χ0) is 20.4. The molecule has 4 rings (SSSR count). The Kier molecular flexibility index (Phi) is 4.99. The molecule has 0 atom stereocenters. The van der Waals surface area contributed by atoms with Crippen LogP contribution >= 0.6 is 0 Å². The van der Waals surface area contributed by atoms with Gasteiger partial charge in [0.2, 0.25) is 5.91 Å². The van der Waals surface area contributed by atoms with Crippen LogP contribution in [-0.4, -0.2) is 20.5 Å². The fourth-order valence-corrected chi connectivity index (χ4v) is 3.41. The summed E-state index contributed by atoms with van der Waals surface area (Å²) in [4.78, 5) is 16.0. The number of anilines is 3. The number of nitrogens with zero attached hydrogens (tertiary/aromatic N) is 3. The van der Waals surface area contributed by atoms with Crippen LogP contribution in [-0.2, 0) is 11.2 Å². The zero-order valence-electron chi connectivity index (χ0n) is 16.7. The van der Waals surface area contributed by atoms with Crippen molar-refractivity contribution in [2.24, 2.45) is 0 Å². The van der Waals surface area contributed by atoms with Crippen LogP contribution in [0.5, 0.6) is 0 Å². The Morgan fingerprint density at radius 1 is 1.03 bits per heavy atom. The molecule has 0 aliphatic rings. The van der Waals surface area contributed by atoms with E-state index in [1.807, 2.05) is 60.0 Å². The first-order valence-electron chi connectivity index (χ1n) is 9.64. The van der Waals surface area contributed by atoms with Crippen molar-refractivity contribution in [3.63, 3.8) is 0 Å². The molecule has 0 unspecified atom stereocenters. The van der Waals surface area contributed by atoms with Gasteiger partial charge in [-0.05, 0) is 43.2 Å². The van der Waals surface area contributed by atoms with Crippen LogP contribution < -0.4 is 10.6 Å². The van der Waals surface area contributed by atoms with E-state index in [-0.39, 0.29) is 5.91 Å². The van der Waals surface area contributed by atoms with Crippen molar-refractivity contribution in [1.82, 2.24) is 14.6 Å². The summed E-state index contributed by atoms with van der Waals surface area (Å²) in [6, 6.07) is 19.8. The maximum absolute atomic E-state index is 11.2. The van der Waals surface area contributed by atoms with Gasteiger partial charge < -0.3 is 10.6 Å². The lowest BCUT2D eigenvalue weighted by Gasteiger charge is -2.11. The van der Waals surface area contributed by atoms with Crippen molar-refractivity contribution >= 4 is 28.7 Å². The maximum Gasteiger partial charge on any atom is 0.221 e. The minimum absolute atomic E-state index is 0.0887. The number of hydrogen-bond donors (Lipinski definition) is 2. The summed E-state index contributed by atoms with van der Waals surface area (Å²) in [5, 5.41) is 11.0. The van der Waals surface area contributed by atoms with Crippen molar-refractivity contribution in [2.45, 2.75) is 27.2 Å². The van der Waals surface area contributed by atoms with E-state index in [0.29, 0.717) is 0 Å². The normalized spacial score (nSPS) is 10.9. The van der Waals surface area contributed by atoms with Crippen LogP contribution in [0.4, 0.5) is 17.2 Å². The van der Waals surface area contributed by atoms with Crippen molar-refractivity contribution < 1.29 is 4.79 Å². The van der Waals surface area contributed by atoms with E-state index in [9.17, 15) is 4.79 Å². The highest BCUT2D eigenvalue weighted by Crippen LogP contribution is 2.30. The molecule has 0 aliphatic heterocycles. The number of amides is 1. The Labute approximate surface area is 169 Å². The summed E-state index contributed by atoms with van der Waals surface area (Å²) in [6.45, 7) is 5.59. The molecule has 0 saturated carbocycles. The van der Waals surface area contributed by atoms with Gasteiger partial charge >= 0.3 is 0 Å². The summed E-state index contributed by atoms with van der Waals surface area (Å²) >= 11 is 0. The summed E-state index contributed by atoms with van der Waals surface area (Å²) in [6.07, 6.45) is 0.817. The van der Waals surface area contributed by atoms with Crippen molar-refractivity contribution in [3.8, 4) is 11.1 Å².